The van der Waals surface area contributed by atoms with E-state index in [1.807, 2.05) is 0 Å². The maximum Gasteiger partial charge on any atom is 0.0651 e. The van der Waals surface area contributed by atoms with Gasteiger partial charge in [0.25, 0.3) is 0 Å². The molecule has 0 aromatic heterocycles. The fraction of sp³-hybridized carbons (Fsp3) is 0.0612. The molecule has 8 aromatic carbocycles. The lowest BCUT2D eigenvalue weighted by Crippen LogP contribution is -2.24. The lowest BCUT2D eigenvalue weighted by Gasteiger charge is -2.37. The maximum absolute atomic E-state index is 10.4. The summed E-state index contributed by atoms with van der Waals surface area (Å²) in [5.74, 6) is 0. The van der Waals surface area contributed by atoms with Gasteiger partial charge in [0.1, 0.15) is 0 Å². The molecule has 238 valence electrons. The molecule has 0 amide bonds. The predicted octanol–water partition coefficient (Wildman–Crippen LogP) is 13.6. The van der Waals surface area contributed by atoms with Crippen molar-refractivity contribution in [3.05, 3.63) is 198 Å². The van der Waals surface area contributed by atoms with Crippen LogP contribution in [0.5, 0.6) is 0 Å². The molecule has 1 nitrogen and oxygen atoms in total. The lowest BCUT2D eigenvalue weighted by atomic mass is 9.67. The van der Waals surface area contributed by atoms with E-state index in [9.17, 15) is 24.7 Å². The van der Waals surface area contributed by atoms with Crippen molar-refractivity contribution in [3.8, 4) is 44.5 Å². The van der Waals surface area contributed by atoms with E-state index < -0.39 is 290 Å². The molecule has 0 spiro atoms. The normalized spacial score (nSPS) is 23.7. The lowest BCUT2D eigenvalue weighted by molar-refractivity contribution is 0.645. The molecule has 0 unspecified atom stereocenters. The van der Waals surface area contributed by atoms with Gasteiger partial charge in [0.05, 0.1) is 42.5 Å². The first-order valence-corrected chi connectivity index (χ1v) is 14.4. The van der Waals surface area contributed by atoms with Gasteiger partial charge >= 0.3 is 0 Å². The van der Waals surface area contributed by atoms with Gasteiger partial charge in [-0.3, -0.25) is 0 Å². The summed E-state index contributed by atoms with van der Waals surface area (Å²) in [5, 5.41) is -2.01. The topological polar surface area (TPSA) is 3.24 Å². The smallest absolute Gasteiger partial charge is 0.0651 e. The van der Waals surface area contributed by atoms with Crippen molar-refractivity contribution in [2.75, 3.05) is 4.90 Å². The van der Waals surface area contributed by atoms with Crippen molar-refractivity contribution in [2.45, 2.75) is 19.1 Å². The van der Waals surface area contributed by atoms with Crippen molar-refractivity contribution in [3.63, 3.8) is 0 Å². The molecule has 0 heterocycles. The highest BCUT2D eigenvalue weighted by atomic mass is 15.1. The Labute approximate surface area is 346 Å². The number of nitrogens with zero attached hydrogens (tertiary/aromatic N) is 1. The Hall–Kier alpha value is -6.18. The van der Waals surface area contributed by atoms with E-state index in [1.54, 1.807) is 0 Å². The fourth-order valence-corrected chi connectivity index (χ4v) is 5.46. The maximum atomic E-state index is 10.4. The van der Waals surface area contributed by atoms with Crippen LogP contribution in [0.3, 0.4) is 0 Å². The summed E-state index contributed by atoms with van der Waals surface area (Å²) in [5.41, 5.74) is -20.1. The number of fused-ring (bicyclic) bond motifs is 2. The fourth-order valence-electron chi connectivity index (χ4n) is 5.46. The van der Waals surface area contributed by atoms with Crippen LogP contribution in [0.2, 0.25) is 0 Å². The van der Waals surface area contributed by atoms with Crippen LogP contribution in [0.1, 0.15) is 75.5 Å². The van der Waals surface area contributed by atoms with E-state index in [0.717, 1.165) is 0 Å². The molecule has 1 aliphatic carbocycles. The van der Waals surface area contributed by atoms with Crippen LogP contribution in [0, 0.1) is 0 Å². The summed E-state index contributed by atoms with van der Waals surface area (Å²) in [6.07, 6.45) is 0. The Kier molecular flexibility index (Phi) is 2.46. The van der Waals surface area contributed by atoms with Gasteiger partial charge in [-0.25, -0.2) is 0 Å². The molecule has 9 rings (SSSR count). The van der Waals surface area contributed by atoms with Crippen molar-refractivity contribution < 1.29 is 50.7 Å². The van der Waals surface area contributed by atoms with Gasteiger partial charge in [-0.1, -0.05) is 165 Å². The van der Waals surface area contributed by atoms with Crippen LogP contribution in [-0.4, -0.2) is 0 Å². The molecule has 0 N–H and O–H groups in total. The van der Waals surface area contributed by atoms with Gasteiger partial charge < -0.3 is 4.90 Å². The van der Waals surface area contributed by atoms with Crippen LogP contribution in [-0.2, 0) is 5.41 Å². The first-order chi connectivity index (χ1) is 40.0. The van der Waals surface area contributed by atoms with Gasteiger partial charge in [0.2, 0.25) is 0 Å². The molecule has 1 heteroatoms. The second kappa shape index (κ2) is 12.1. The third-order valence-electron chi connectivity index (χ3n) is 7.63. The van der Waals surface area contributed by atoms with E-state index in [4.69, 9.17) is 26.0 Å². The van der Waals surface area contributed by atoms with Crippen LogP contribution in [0.15, 0.2) is 187 Å². The quantitative estimate of drug-likeness (QED) is 0.169. The van der Waals surface area contributed by atoms with E-state index >= 15 is 0 Å². The molecule has 0 atom stereocenters. The van der Waals surface area contributed by atoms with Crippen molar-refractivity contribution >= 4 is 27.8 Å². The van der Waals surface area contributed by atoms with Gasteiger partial charge in [-0.05, 0) is 103 Å². The molecule has 0 fully saturated rings. The molecule has 1 aliphatic rings. The zero-order valence-corrected chi connectivity index (χ0v) is 24.9. The second-order valence-corrected chi connectivity index (χ2v) is 10.5. The molecular formula is C49H37N. The zero-order valence-electron chi connectivity index (χ0n) is 61.9. The summed E-state index contributed by atoms with van der Waals surface area (Å²) in [7, 11) is 0. The number of hydrogen-bond donors (Lipinski definition) is 0. The molecule has 0 saturated heterocycles. The van der Waals surface area contributed by atoms with Gasteiger partial charge in [-0.2, -0.15) is 0 Å². The van der Waals surface area contributed by atoms with E-state index in [1.165, 1.54) is 0 Å². The second-order valence-electron chi connectivity index (χ2n) is 10.5. The first-order valence-electron chi connectivity index (χ1n) is 32.9. The van der Waals surface area contributed by atoms with Crippen LogP contribution in [0.25, 0.3) is 55.3 Å². The highest BCUT2D eigenvalue weighted by molar-refractivity contribution is 6.09. The van der Waals surface area contributed by atoms with Crippen molar-refractivity contribution in [2.24, 2.45) is 0 Å². The highest BCUT2D eigenvalue weighted by Gasteiger charge is 2.35. The Bertz CT molecular complexity index is 4370. The summed E-state index contributed by atoms with van der Waals surface area (Å²) in [6.45, 7) is -8.61. The molecular weight excluding hydrogens is 603 g/mol. The Balaban J connectivity index is 1.65. The Morgan fingerprint density at radius 3 is 1.68 bits per heavy atom. The van der Waals surface area contributed by atoms with Gasteiger partial charge in [0, 0.05) is 30.7 Å². The van der Waals surface area contributed by atoms with E-state index in [0.29, 0.717) is 0 Å². The molecule has 0 aliphatic heterocycles. The minimum Gasteiger partial charge on any atom is -0.310 e. The Morgan fingerprint density at radius 2 is 0.980 bits per heavy atom. The first kappa shape index (κ1) is 10.2. The van der Waals surface area contributed by atoms with E-state index in [2.05, 4.69) is 0 Å². The minimum atomic E-state index is -4.30. The molecule has 0 radical (unpaired) electrons. The van der Waals surface area contributed by atoms with Crippen molar-refractivity contribution in [1.29, 1.82) is 0 Å². The summed E-state index contributed by atoms with van der Waals surface area (Å²) in [4.78, 5) is 0.0645. The SMILES string of the molecule is [2H]c1c([2H])c([2H])c(-c2c([2H])c([2H])c(N(c3c([2H])c([2H])c([2H])c(-c4c([2H])c([2H])c([2H])c([2H])c4[2H])c3[2H])c3c([2H])c([2H])c4c(c3[2H])C(C([2H])([2H])[2H])(C([2H])([2H])[2H])c3c([2H])c([2H])c([2H])c5c([2H])c([2H])c(-c6c([2H])c([2H])c([2H])c([2H])c6[2H])c-4c35)c([2H])c2[2H])c([2H])c1[2H]. The molecule has 50 heavy (non-hydrogen) atoms. The standard InChI is InChI=1S/C49H37N/c1-49(2)45-23-13-20-38-26-30-43(37-18-10-5-11-19-37)48(47(38)45)44-31-29-42(33-46(44)49)50(40-27-24-36(25-28-40)34-14-6-3-7-15-34)41-22-12-21-39(32-41)35-16-8-4-9-17-35/h3-33H,1-2H3/i1D3,2D3,3D,4D,5D,6D,7D,8D,9D,10D,11D,12D,13D,14D,15D,16D,17D,18D,19D,20D,21D,22D,23D,24D,25D,26D,27D,28D,29D,30D,31D,32D,33D. The zero-order chi connectivity index (χ0) is 65.6. The Morgan fingerprint density at radius 1 is 0.420 bits per heavy atom. The third-order valence-corrected chi connectivity index (χ3v) is 7.63. The minimum absolute atomic E-state index is 0.0645. The number of rotatable bonds is 6. The van der Waals surface area contributed by atoms with Gasteiger partial charge in [-0.15, -0.1) is 0 Å². The van der Waals surface area contributed by atoms with Crippen LogP contribution >= 0.6 is 0 Å². The number of anilines is 3. The van der Waals surface area contributed by atoms with Crippen LogP contribution < -0.4 is 4.90 Å². The molecule has 0 saturated carbocycles. The monoisotopic (exact) mass is 677 g/mol. The van der Waals surface area contributed by atoms with Crippen molar-refractivity contribution in [1.82, 2.24) is 0 Å². The van der Waals surface area contributed by atoms with Crippen LogP contribution in [0.4, 0.5) is 17.1 Å². The molecule has 0 bridgehead atoms. The summed E-state index contributed by atoms with van der Waals surface area (Å²) < 4.78 is 337. The number of benzene rings is 8. The van der Waals surface area contributed by atoms with Gasteiger partial charge in [0.15, 0.2) is 0 Å². The summed E-state index contributed by atoms with van der Waals surface area (Å²) in [6, 6.07) is -38.7. The van der Waals surface area contributed by atoms with E-state index in [-0.39, 0.29) is 4.90 Å². The number of hydrogen-bond acceptors (Lipinski definition) is 1. The molecule has 8 aromatic rings. The highest BCUT2D eigenvalue weighted by Crippen LogP contribution is 2.53. The predicted molar refractivity (Wildman–Crippen MR) is 213 cm³/mol. The average molecular weight is 677 g/mol. The third kappa shape index (κ3) is 5.02. The summed E-state index contributed by atoms with van der Waals surface area (Å²) >= 11 is 0. The largest absolute Gasteiger partial charge is 0.310 e. The average Bonchev–Trinajstić information content (AvgIpc) is 0.658.